The number of anilines is 2. The van der Waals surface area contributed by atoms with Gasteiger partial charge < -0.3 is 14.3 Å². The van der Waals surface area contributed by atoms with Crippen molar-refractivity contribution in [2.45, 2.75) is 41.5 Å². The van der Waals surface area contributed by atoms with Gasteiger partial charge in [-0.2, -0.15) is 6.67 Å². The second kappa shape index (κ2) is 19.5. The summed E-state index contributed by atoms with van der Waals surface area (Å²) in [6, 6.07) is 48.5. The Hall–Kier alpha value is -3.88. The monoisotopic (exact) mass is 885 g/mol. The molecule has 0 radical (unpaired) electrons. The summed E-state index contributed by atoms with van der Waals surface area (Å²) < 4.78 is 6.71. The number of rotatable bonds is 6. The van der Waals surface area contributed by atoms with Crippen LogP contribution < -0.4 is 20.4 Å². The molecule has 0 aromatic heterocycles. The van der Waals surface area contributed by atoms with Gasteiger partial charge in [-0.15, -0.1) is 0 Å². The van der Waals surface area contributed by atoms with Gasteiger partial charge in [0.05, 0.1) is 8.15 Å². The Balaban J connectivity index is 0.000000146. The molecule has 0 bridgehead atoms. The normalized spacial score (nSPS) is 13.4. The Labute approximate surface area is 348 Å². The molecule has 0 spiro atoms. The van der Waals surface area contributed by atoms with Crippen LogP contribution in [0.3, 0.4) is 0 Å². The zero-order chi connectivity index (χ0) is 39.8. The van der Waals surface area contributed by atoms with Gasteiger partial charge in [0.25, 0.3) is 0 Å². The van der Waals surface area contributed by atoms with E-state index in [1.165, 1.54) is 77.6 Å². The van der Waals surface area contributed by atoms with Crippen molar-refractivity contribution in [2.24, 2.45) is 0 Å². The second-order valence-electron chi connectivity index (χ2n) is 14.1. The fourth-order valence-electron chi connectivity index (χ4n) is 7.74. The van der Waals surface area contributed by atoms with E-state index in [9.17, 15) is 0 Å². The van der Waals surface area contributed by atoms with Crippen LogP contribution in [0, 0.1) is 48.2 Å². The Bertz CT molecular complexity index is 2180. The quantitative estimate of drug-likeness (QED) is 0.0942. The van der Waals surface area contributed by atoms with Crippen LogP contribution in [0.2, 0.25) is 0 Å². The van der Waals surface area contributed by atoms with Gasteiger partial charge in [-0.05, 0) is 63.8 Å². The molecule has 3 nitrogen and oxygen atoms in total. The molecule has 0 saturated carbocycles. The van der Waals surface area contributed by atoms with Gasteiger partial charge in [0, 0.05) is 42.2 Å². The van der Waals surface area contributed by atoms with Crippen LogP contribution in [0.1, 0.15) is 50.1 Å². The van der Waals surface area contributed by atoms with Gasteiger partial charge in [-0.3, -0.25) is 0 Å². The molecule has 1 aliphatic carbocycles. The summed E-state index contributed by atoms with van der Waals surface area (Å²) in [7, 11) is 13.5. The molecule has 0 amide bonds. The van der Waals surface area contributed by atoms with Crippen molar-refractivity contribution < 1.29 is 18.0 Å². The van der Waals surface area contributed by atoms with E-state index in [1.807, 2.05) is 60.7 Å². The maximum atomic E-state index is 6.19. The van der Waals surface area contributed by atoms with E-state index < -0.39 is 21.7 Å². The standard InChI is InChI=1S/C21H27N2.C15H10.C13H13OP.2ClH.Ru/c1-14-9-16(3)20(17(4)10-14)22-7-8-23(13-22)21-18(5)11-15(2)12-19(21)6;1-2-6-12(7-3-1)15-11-10-13-8-4-5-9-14(13)15;1-14-15(12-8-4-2-5-9-12)13-10-6-3-7-11-13;;;/h9-13H,7-8H2,1-6H3;1-9,11H;2-11H,1H3;2*1H;/q-1;;;;;+2/p-2. The fourth-order valence-corrected chi connectivity index (χ4v) is 11.8. The maximum absolute atomic E-state index is 6.19. The summed E-state index contributed by atoms with van der Waals surface area (Å²) in [6.45, 7) is 17.6. The number of hydrogen-bond acceptors (Lipinski definition) is 3. The molecule has 7 heteroatoms. The number of fused-ring (bicyclic) bond motifs is 1. The average Bonchev–Trinajstić information content (AvgIpc) is 3.82. The number of aryl methyl sites for hydroxylation is 6. The fraction of sp³-hybridized carbons (Fsp3) is 0.184. The molecule has 0 unspecified atom stereocenters. The van der Waals surface area contributed by atoms with E-state index >= 15 is 0 Å². The Morgan fingerprint density at radius 2 is 0.946 bits per heavy atom. The first-order valence-electron chi connectivity index (χ1n) is 18.8. The summed E-state index contributed by atoms with van der Waals surface area (Å²) in [6.07, 6.45) is 2.15. The van der Waals surface area contributed by atoms with Gasteiger partial charge in [0.15, 0.2) is 0 Å². The predicted molar refractivity (Wildman–Crippen MR) is 242 cm³/mol. The van der Waals surface area contributed by atoms with Crippen LogP contribution >= 0.6 is 27.5 Å². The summed E-state index contributed by atoms with van der Waals surface area (Å²) in [5.74, 6) is 0. The number of nitrogens with zero attached hydrogens (tertiary/aromatic N) is 2. The number of allylic oxidation sites excluding steroid dienone is 1. The molecule has 2 aliphatic rings. The first-order chi connectivity index (χ1) is 27.0. The minimum atomic E-state index is -1.88. The zero-order valence-electron chi connectivity index (χ0n) is 33.2. The van der Waals surface area contributed by atoms with Crippen LogP contribution in [0.25, 0.3) is 5.57 Å². The topological polar surface area (TPSA) is 15.7 Å². The van der Waals surface area contributed by atoms with Crippen LogP contribution in [0.15, 0.2) is 146 Å². The first kappa shape index (κ1) is 41.7. The molecule has 8 rings (SSSR count). The third kappa shape index (κ3) is 9.97. The van der Waals surface area contributed by atoms with Gasteiger partial charge >= 0.3 is 120 Å². The zero-order valence-corrected chi connectivity index (χ0v) is 37.4. The number of halogens is 2. The Kier molecular flexibility index (Phi) is 14.6. The molecule has 1 saturated heterocycles. The summed E-state index contributed by atoms with van der Waals surface area (Å²) >= 11 is -1.88. The molecule has 6 aromatic carbocycles. The van der Waals surface area contributed by atoms with Gasteiger partial charge in [0.1, 0.15) is 0 Å². The van der Waals surface area contributed by atoms with Gasteiger partial charge in [0.2, 0.25) is 0 Å². The summed E-state index contributed by atoms with van der Waals surface area (Å²) in [5.41, 5.74) is 15.7. The minimum absolute atomic E-state index is 0.649. The molecule has 0 atom stereocenters. The molecule has 56 heavy (non-hydrogen) atoms. The van der Waals surface area contributed by atoms with Crippen LogP contribution in [-0.2, 0) is 18.0 Å². The van der Waals surface area contributed by atoms with Gasteiger partial charge in [-0.25, -0.2) is 0 Å². The van der Waals surface area contributed by atoms with Crippen molar-refractivity contribution in [1.29, 1.82) is 0 Å². The Morgan fingerprint density at radius 1 is 0.554 bits per heavy atom. The molecule has 1 fully saturated rings. The number of benzene rings is 6. The third-order valence-corrected chi connectivity index (χ3v) is 14.9. The SMILES string of the molecule is COP(c1ccccc1)c1ccccc1.Cc1cc(C)c(N2[CH-]N(c3c(C)cc(C)cc3C)CC2)c(C)c1.[Cl][Ru]([Cl])=[C]1C=C(c2ccccc2)c2ccccc21. The van der Waals surface area contributed by atoms with E-state index in [0.717, 1.165) is 17.2 Å². The van der Waals surface area contributed by atoms with E-state index in [-0.39, 0.29) is 0 Å². The summed E-state index contributed by atoms with van der Waals surface area (Å²) in [4.78, 5) is 4.81. The van der Waals surface area contributed by atoms with Crippen LogP contribution in [0.5, 0.6) is 0 Å². The molecular formula is C49H50Cl2N2OPRu-. The molecule has 6 aromatic rings. The van der Waals surface area contributed by atoms with E-state index in [4.69, 9.17) is 23.9 Å². The first-order valence-corrected chi connectivity index (χ1v) is 25.4. The van der Waals surface area contributed by atoms with Crippen molar-refractivity contribution >= 4 is 59.2 Å². The van der Waals surface area contributed by atoms with E-state index in [1.54, 1.807) is 7.11 Å². The van der Waals surface area contributed by atoms with Crippen LogP contribution in [-0.4, -0.2) is 24.3 Å². The van der Waals surface area contributed by atoms with Crippen molar-refractivity contribution in [3.63, 3.8) is 0 Å². The molecular weight excluding hydrogens is 836 g/mol. The van der Waals surface area contributed by atoms with Gasteiger partial charge in [-0.1, -0.05) is 96.1 Å². The van der Waals surface area contributed by atoms with Crippen molar-refractivity contribution in [3.05, 3.63) is 202 Å². The third-order valence-electron chi connectivity index (χ3n) is 9.83. The van der Waals surface area contributed by atoms with E-state index in [2.05, 4.69) is 143 Å². The molecule has 0 N–H and O–H groups in total. The molecule has 290 valence electrons. The molecule has 1 aliphatic heterocycles. The van der Waals surface area contributed by atoms with Crippen molar-refractivity contribution in [2.75, 3.05) is 30.0 Å². The van der Waals surface area contributed by atoms with Crippen LogP contribution in [0.4, 0.5) is 11.4 Å². The second-order valence-corrected chi connectivity index (χ2v) is 21.9. The average molecular weight is 886 g/mol. The summed E-state index contributed by atoms with van der Waals surface area (Å²) in [5, 5.41) is 2.50. The van der Waals surface area contributed by atoms with Crippen molar-refractivity contribution in [1.82, 2.24) is 0 Å². The van der Waals surface area contributed by atoms with E-state index in [0.29, 0.717) is 0 Å². The predicted octanol–water partition coefficient (Wildman–Crippen LogP) is 12.2. The Morgan fingerprint density at radius 3 is 1.36 bits per heavy atom. The number of hydrogen-bond donors (Lipinski definition) is 0. The molecule has 1 heterocycles. The van der Waals surface area contributed by atoms with Crippen molar-refractivity contribution in [3.8, 4) is 0 Å².